The molecule has 1 aliphatic heterocycles. The summed E-state index contributed by atoms with van der Waals surface area (Å²) in [6.45, 7) is 1.68. The monoisotopic (exact) mass is 496 g/mol. The lowest BCUT2D eigenvalue weighted by Crippen LogP contribution is -2.36. The second-order valence-corrected chi connectivity index (χ2v) is 9.24. The van der Waals surface area contributed by atoms with Crippen molar-refractivity contribution in [2.45, 2.75) is 25.5 Å². The number of amides is 1. The number of pyridine rings is 1. The Balaban J connectivity index is 1.31. The van der Waals surface area contributed by atoms with Crippen molar-refractivity contribution in [3.8, 4) is 11.3 Å². The van der Waals surface area contributed by atoms with E-state index in [1.165, 1.54) is 12.1 Å². The zero-order valence-electron chi connectivity index (χ0n) is 20.0. The molecule has 0 unspecified atom stereocenters. The summed E-state index contributed by atoms with van der Waals surface area (Å²) in [4.78, 5) is 29.1. The topological polar surface area (TPSA) is 95.7 Å². The van der Waals surface area contributed by atoms with Crippen LogP contribution in [0.1, 0.15) is 28.8 Å². The molecular weight excluding hydrogens is 471 g/mol. The fourth-order valence-electron chi connectivity index (χ4n) is 4.64. The van der Waals surface area contributed by atoms with Gasteiger partial charge in [-0.15, -0.1) is 0 Å². The van der Waals surface area contributed by atoms with Gasteiger partial charge in [-0.1, -0.05) is 6.07 Å². The number of hydrogen-bond acceptors (Lipinski definition) is 6. The number of nitrogens with one attached hydrogen (secondary N) is 1. The lowest BCUT2D eigenvalue weighted by molar-refractivity contribution is 0.0951. The first-order chi connectivity index (χ1) is 18.0. The SMILES string of the molecule is O=C(NCc1ccc2nccn2c1)c1ccc2nc(N3CCC(O)CC3)c(-c3ccc(F)cc3)nc2c1. The van der Waals surface area contributed by atoms with Crippen LogP contribution in [-0.2, 0) is 6.54 Å². The van der Waals surface area contributed by atoms with Gasteiger partial charge in [0.05, 0.1) is 17.1 Å². The lowest BCUT2D eigenvalue weighted by Gasteiger charge is -2.31. The normalized spacial score (nSPS) is 14.4. The third kappa shape index (κ3) is 4.73. The number of anilines is 1. The molecule has 186 valence electrons. The van der Waals surface area contributed by atoms with Crippen molar-refractivity contribution in [1.29, 1.82) is 0 Å². The number of piperidine rings is 1. The number of aliphatic hydroxyl groups is 1. The van der Waals surface area contributed by atoms with Gasteiger partial charge in [-0.3, -0.25) is 4.79 Å². The van der Waals surface area contributed by atoms with E-state index in [1.807, 2.05) is 28.9 Å². The van der Waals surface area contributed by atoms with E-state index in [0.29, 0.717) is 60.6 Å². The summed E-state index contributed by atoms with van der Waals surface area (Å²) in [6, 6.07) is 15.3. The number of halogens is 1. The predicted molar refractivity (Wildman–Crippen MR) is 139 cm³/mol. The Bertz CT molecular complexity index is 1590. The van der Waals surface area contributed by atoms with E-state index >= 15 is 0 Å². The van der Waals surface area contributed by atoms with E-state index in [1.54, 1.807) is 36.5 Å². The van der Waals surface area contributed by atoms with Crippen LogP contribution in [0.3, 0.4) is 0 Å². The number of fused-ring (bicyclic) bond motifs is 2. The molecule has 0 bridgehead atoms. The lowest BCUT2D eigenvalue weighted by atomic mass is 10.1. The van der Waals surface area contributed by atoms with Gasteiger partial charge in [0, 0.05) is 49.4 Å². The molecule has 9 heteroatoms. The molecule has 1 amide bonds. The molecule has 5 aromatic rings. The summed E-state index contributed by atoms with van der Waals surface area (Å²) in [5.41, 5.74) is 4.87. The van der Waals surface area contributed by atoms with Crippen molar-refractivity contribution in [3.63, 3.8) is 0 Å². The van der Waals surface area contributed by atoms with Crippen molar-refractivity contribution in [2.24, 2.45) is 0 Å². The zero-order valence-corrected chi connectivity index (χ0v) is 20.0. The summed E-state index contributed by atoms with van der Waals surface area (Å²) >= 11 is 0. The molecule has 2 aromatic carbocycles. The maximum atomic E-state index is 13.6. The Morgan fingerprint density at radius 3 is 2.65 bits per heavy atom. The number of carbonyl (C=O) groups excluding carboxylic acids is 1. The zero-order chi connectivity index (χ0) is 25.4. The molecule has 1 saturated heterocycles. The van der Waals surface area contributed by atoms with Crippen molar-refractivity contribution in [2.75, 3.05) is 18.0 Å². The van der Waals surface area contributed by atoms with Crippen LogP contribution in [0.2, 0.25) is 0 Å². The van der Waals surface area contributed by atoms with Crippen LogP contribution >= 0.6 is 0 Å². The first-order valence-corrected chi connectivity index (χ1v) is 12.2. The molecular formula is C28H25FN6O2. The van der Waals surface area contributed by atoms with Gasteiger partial charge in [0.1, 0.15) is 17.2 Å². The van der Waals surface area contributed by atoms with Crippen molar-refractivity contribution in [1.82, 2.24) is 24.7 Å². The van der Waals surface area contributed by atoms with Crippen LogP contribution in [-0.4, -0.2) is 49.6 Å². The van der Waals surface area contributed by atoms with E-state index in [2.05, 4.69) is 15.2 Å². The Morgan fingerprint density at radius 2 is 1.84 bits per heavy atom. The molecule has 6 rings (SSSR count). The van der Waals surface area contributed by atoms with Crippen LogP contribution in [0.25, 0.3) is 27.9 Å². The summed E-state index contributed by atoms with van der Waals surface area (Å²) < 4.78 is 15.5. The number of nitrogens with zero attached hydrogens (tertiary/aromatic N) is 5. The fraction of sp³-hybridized carbons (Fsp3) is 0.214. The number of hydrogen-bond donors (Lipinski definition) is 2. The highest BCUT2D eigenvalue weighted by atomic mass is 19.1. The van der Waals surface area contributed by atoms with Gasteiger partial charge >= 0.3 is 0 Å². The minimum Gasteiger partial charge on any atom is -0.393 e. The quantitative estimate of drug-likeness (QED) is 0.382. The van der Waals surface area contributed by atoms with Crippen LogP contribution < -0.4 is 10.2 Å². The van der Waals surface area contributed by atoms with Gasteiger partial charge in [0.2, 0.25) is 0 Å². The van der Waals surface area contributed by atoms with Gasteiger partial charge in [-0.2, -0.15) is 0 Å². The number of imidazole rings is 1. The van der Waals surface area contributed by atoms with Crippen LogP contribution in [0.5, 0.6) is 0 Å². The van der Waals surface area contributed by atoms with Crippen LogP contribution in [0.15, 0.2) is 73.2 Å². The molecule has 0 radical (unpaired) electrons. The summed E-state index contributed by atoms with van der Waals surface area (Å²) in [5, 5.41) is 12.9. The van der Waals surface area contributed by atoms with Gasteiger partial charge < -0.3 is 19.7 Å². The summed E-state index contributed by atoms with van der Waals surface area (Å²) in [7, 11) is 0. The second kappa shape index (κ2) is 9.59. The number of carbonyl (C=O) groups is 1. The van der Waals surface area contributed by atoms with Crippen molar-refractivity contribution in [3.05, 3.63) is 90.1 Å². The number of benzene rings is 2. The third-order valence-electron chi connectivity index (χ3n) is 6.69. The maximum Gasteiger partial charge on any atom is 0.251 e. The maximum absolute atomic E-state index is 13.6. The second-order valence-electron chi connectivity index (χ2n) is 9.24. The number of aliphatic hydroxyl groups excluding tert-OH is 1. The van der Waals surface area contributed by atoms with E-state index in [0.717, 1.165) is 16.8 Å². The van der Waals surface area contributed by atoms with Crippen molar-refractivity contribution < 1.29 is 14.3 Å². The van der Waals surface area contributed by atoms with Gasteiger partial charge in [0.25, 0.3) is 5.91 Å². The molecule has 0 spiro atoms. The highest BCUT2D eigenvalue weighted by Gasteiger charge is 2.23. The fourth-order valence-corrected chi connectivity index (χ4v) is 4.64. The first kappa shape index (κ1) is 23.1. The predicted octanol–water partition coefficient (Wildman–Crippen LogP) is 3.97. The molecule has 8 nitrogen and oxygen atoms in total. The van der Waals surface area contributed by atoms with E-state index in [9.17, 15) is 14.3 Å². The number of rotatable bonds is 5. The Kier molecular flexibility index (Phi) is 5.97. The van der Waals surface area contributed by atoms with Crippen LogP contribution in [0.4, 0.5) is 10.2 Å². The molecule has 4 heterocycles. The highest BCUT2D eigenvalue weighted by Crippen LogP contribution is 2.32. The molecule has 1 aliphatic rings. The highest BCUT2D eigenvalue weighted by molar-refractivity contribution is 5.98. The summed E-state index contributed by atoms with van der Waals surface area (Å²) in [6.07, 6.45) is 6.51. The molecule has 0 aliphatic carbocycles. The number of aromatic nitrogens is 4. The Morgan fingerprint density at radius 1 is 1.03 bits per heavy atom. The Labute approximate surface area is 212 Å². The van der Waals surface area contributed by atoms with E-state index < -0.39 is 0 Å². The molecule has 1 fully saturated rings. The third-order valence-corrected chi connectivity index (χ3v) is 6.69. The molecule has 0 saturated carbocycles. The molecule has 2 N–H and O–H groups in total. The van der Waals surface area contributed by atoms with E-state index in [4.69, 9.17) is 9.97 Å². The van der Waals surface area contributed by atoms with Gasteiger partial charge in [-0.05, 0) is 66.9 Å². The smallest absolute Gasteiger partial charge is 0.251 e. The average molecular weight is 497 g/mol. The first-order valence-electron chi connectivity index (χ1n) is 12.2. The minimum absolute atomic E-state index is 0.216. The molecule has 37 heavy (non-hydrogen) atoms. The van der Waals surface area contributed by atoms with Gasteiger partial charge in [-0.25, -0.2) is 19.3 Å². The average Bonchev–Trinajstić information content (AvgIpc) is 3.40. The standard InChI is InChI=1S/C28H25FN6O2/c29-21-5-2-19(3-6-21)26-27(34-12-9-22(36)10-13-34)33-23-7-4-20(15-24(23)32-26)28(37)31-16-18-1-8-25-30-11-14-35(25)17-18/h1-8,11,14-15,17,22,36H,9-10,12-13,16H2,(H,31,37). The van der Waals surface area contributed by atoms with Crippen molar-refractivity contribution >= 4 is 28.4 Å². The largest absolute Gasteiger partial charge is 0.393 e. The molecule has 3 aromatic heterocycles. The van der Waals surface area contributed by atoms with E-state index in [-0.39, 0.29) is 17.8 Å². The summed E-state index contributed by atoms with van der Waals surface area (Å²) in [5.74, 6) is 0.149. The van der Waals surface area contributed by atoms with Crippen LogP contribution in [0, 0.1) is 5.82 Å². The molecule has 0 atom stereocenters. The van der Waals surface area contributed by atoms with Gasteiger partial charge in [0.15, 0.2) is 5.82 Å². The Hall–Kier alpha value is -4.37. The minimum atomic E-state index is -0.328.